The monoisotopic (exact) mass is 240 g/mol. The van der Waals surface area contributed by atoms with E-state index in [4.69, 9.17) is 4.74 Å². The van der Waals surface area contributed by atoms with E-state index in [9.17, 15) is 0 Å². The van der Waals surface area contributed by atoms with Crippen LogP contribution in [0.2, 0.25) is 0 Å². The van der Waals surface area contributed by atoms with Crippen LogP contribution >= 0.6 is 0 Å². The standard InChI is InChI=1S/C14H28N2O/c1-11(9-12-10-17-8-7-15-12)16-13-5-4-6-14(13,2)3/h11-13,15-16H,4-10H2,1-3H3. The Bertz CT molecular complexity index is 236. The minimum Gasteiger partial charge on any atom is -0.379 e. The maximum atomic E-state index is 5.50. The molecular weight excluding hydrogens is 212 g/mol. The molecule has 0 bridgehead atoms. The van der Waals surface area contributed by atoms with Gasteiger partial charge in [0.05, 0.1) is 13.2 Å². The van der Waals surface area contributed by atoms with Crippen LogP contribution in [0.5, 0.6) is 0 Å². The topological polar surface area (TPSA) is 33.3 Å². The molecule has 2 N–H and O–H groups in total. The van der Waals surface area contributed by atoms with Crippen LogP contribution in [0.15, 0.2) is 0 Å². The molecule has 0 radical (unpaired) electrons. The Hall–Kier alpha value is -0.120. The van der Waals surface area contributed by atoms with Crippen LogP contribution in [0.1, 0.15) is 46.5 Å². The average Bonchev–Trinajstić information content (AvgIpc) is 2.59. The second-order valence-corrected chi connectivity index (χ2v) is 6.46. The van der Waals surface area contributed by atoms with Gasteiger partial charge < -0.3 is 15.4 Å². The molecule has 1 aliphatic heterocycles. The largest absolute Gasteiger partial charge is 0.379 e. The smallest absolute Gasteiger partial charge is 0.0620 e. The molecule has 1 heterocycles. The third-order valence-electron chi connectivity index (χ3n) is 4.38. The fourth-order valence-corrected chi connectivity index (χ4v) is 3.25. The van der Waals surface area contributed by atoms with Crippen molar-refractivity contribution in [3.8, 4) is 0 Å². The molecule has 3 heteroatoms. The van der Waals surface area contributed by atoms with Crippen molar-refractivity contribution in [3.63, 3.8) is 0 Å². The summed E-state index contributed by atoms with van der Waals surface area (Å²) in [5.41, 5.74) is 0.477. The van der Waals surface area contributed by atoms with Crippen molar-refractivity contribution in [2.75, 3.05) is 19.8 Å². The van der Waals surface area contributed by atoms with Crippen LogP contribution in [-0.2, 0) is 4.74 Å². The maximum absolute atomic E-state index is 5.50. The molecular formula is C14H28N2O. The van der Waals surface area contributed by atoms with E-state index in [2.05, 4.69) is 31.4 Å². The van der Waals surface area contributed by atoms with E-state index in [1.807, 2.05) is 0 Å². The number of nitrogens with one attached hydrogen (secondary N) is 2. The van der Waals surface area contributed by atoms with Crippen molar-refractivity contribution < 1.29 is 4.74 Å². The summed E-state index contributed by atoms with van der Waals surface area (Å²) >= 11 is 0. The Morgan fingerprint density at radius 2 is 2.29 bits per heavy atom. The van der Waals surface area contributed by atoms with Crippen LogP contribution in [0.3, 0.4) is 0 Å². The first-order valence-electron chi connectivity index (χ1n) is 7.15. The molecule has 0 amide bonds. The molecule has 2 fully saturated rings. The number of hydrogen-bond acceptors (Lipinski definition) is 3. The summed E-state index contributed by atoms with van der Waals surface area (Å²) in [7, 11) is 0. The highest BCUT2D eigenvalue weighted by molar-refractivity contribution is 4.92. The Morgan fingerprint density at radius 1 is 1.47 bits per heavy atom. The molecule has 17 heavy (non-hydrogen) atoms. The normalized spacial score (nSPS) is 34.8. The van der Waals surface area contributed by atoms with E-state index in [0.717, 1.165) is 19.8 Å². The number of ether oxygens (including phenoxy) is 1. The Morgan fingerprint density at radius 3 is 2.88 bits per heavy atom. The lowest BCUT2D eigenvalue weighted by Crippen LogP contribution is -2.48. The molecule has 3 unspecified atom stereocenters. The van der Waals surface area contributed by atoms with Gasteiger partial charge in [-0.2, -0.15) is 0 Å². The third kappa shape index (κ3) is 3.67. The van der Waals surface area contributed by atoms with Gasteiger partial charge in [0.1, 0.15) is 0 Å². The summed E-state index contributed by atoms with van der Waals surface area (Å²) in [6.45, 7) is 9.85. The molecule has 3 atom stereocenters. The van der Waals surface area contributed by atoms with E-state index in [1.165, 1.54) is 25.7 Å². The van der Waals surface area contributed by atoms with E-state index < -0.39 is 0 Å². The van der Waals surface area contributed by atoms with Gasteiger partial charge in [0.15, 0.2) is 0 Å². The van der Waals surface area contributed by atoms with E-state index >= 15 is 0 Å². The molecule has 1 aliphatic carbocycles. The maximum Gasteiger partial charge on any atom is 0.0620 e. The molecule has 1 saturated carbocycles. The molecule has 3 nitrogen and oxygen atoms in total. The molecule has 0 aromatic rings. The van der Waals surface area contributed by atoms with Crippen LogP contribution in [0.25, 0.3) is 0 Å². The molecule has 2 rings (SSSR count). The van der Waals surface area contributed by atoms with Crippen molar-refractivity contribution >= 4 is 0 Å². The summed E-state index contributed by atoms with van der Waals surface area (Å²) in [6, 6.07) is 1.81. The predicted molar refractivity (Wildman–Crippen MR) is 71.2 cm³/mol. The molecule has 100 valence electrons. The number of rotatable bonds is 4. The van der Waals surface area contributed by atoms with Gasteiger partial charge in [0.2, 0.25) is 0 Å². The zero-order chi connectivity index (χ0) is 12.3. The quantitative estimate of drug-likeness (QED) is 0.787. The Kier molecular flexibility index (Phi) is 4.45. The molecule has 0 aromatic carbocycles. The van der Waals surface area contributed by atoms with Crippen LogP contribution in [-0.4, -0.2) is 37.9 Å². The minimum absolute atomic E-state index is 0.477. The second-order valence-electron chi connectivity index (χ2n) is 6.46. The van der Waals surface area contributed by atoms with Crippen molar-refractivity contribution in [3.05, 3.63) is 0 Å². The summed E-state index contributed by atoms with van der Waals surface area (Å²) in [5, 5.41) is 7.35. The summed E-state index contributed by atoms with van der Waals surface area (Å²) in [5.74, 6) is 0. The van der Waals surface area contributed by atoms with Gasteiger partial charge in [0.25, 0.3) is 0 Å². The van der Waals surface area contributed by atoms with Crippen LogP contribution in [0.4, 0.5) is 0 Å². The first-order valence-corrected chi connectivity index (χ1v) is 7.15. The van der Waals surface area contributed by atoms with Gasteiger partial charge in [-0.05, 0) is 31.6 Å². The highest BCUT2D eigenvalue weighted by Gasteiger charge is 2.35. The zero-order valence-corrected chi connectivity index (χ0v) is 11.6. The molecule has 0 aromatic heterocycles. The van der Waals surface area contributed by atoms with E-state index in [0.29, 0.717) is 23.5 Å². The van der Waals surface area contributed by atoms with E-state index in [-0.39, 0.29) is 0 Å². The fraction of sp³-hybridized carbons (Fsp3) is 1.00. The summed E-state index contributed by atoms with van der Waals surface area (Å²) < 4.78 is 5.50. The van der Waals surface area contributed by atoms with Crippen LogP contribution in [0, 0.1) is 5.41 Å². The lowest BCUT2D eigenvalue weighted by Gasteiger charge is -2.33. The molecule has 1 saturated heterocycles. The van der Waals surface area contributed by atoms with E-state index in [1.54, 1.807) is 0 Å². The fourth-order valence-electron chi connectivity index (χ4n) is 3.25. The van der Waals surface area contributed by atoms with Gasteiger partial charge in [0, 0.05) is 24.7 Å². The zero-order valence-electron chi connectivity index (χ0n) is 11.6. The lowest BCUT2D eigenvalue weighted by atomic mass is 9.87. The van der Waals surface area contributed by atoms with Gasteiger partial charge in [-0.15, -0.1) is 0 Å². The second kappa shape index (κ2) is 5.68. The molecule has 2 aliphatic rings. The van der Waals surface area contributed by atoms with Crippen molar-refractivity contribution in [1.82, 2.24) is 10.6 Å². The van der Waals surface area contributed by atoms with Gasteiger partial charge in [-0.1, -0.05) is 20.3 Å². The third-order valence-corrected chi connectivity index (χ3v) is 4.38. The first kappa shape index (κ1) is 13.3. The number of hydrogen-bond donors (Lipinski definition) is 2. The van der Waals surface area contributed by atoms with Crippen molar-refractivity contribution in [2.45, 2.75) is 64.6 Å². The van der Waals surface area contributed by atoms with Crippen molar-refractivity contribution in [1.29, 1.82) is 0 Å². The SMILES string of the molecule is CC(CC1COCCN1)NC1CCCC1(C)C. The first-order chi connectivity index (χ1) is 8.08. The Balaban J connectivity index is 1.74. The van der Waals surface area contributed by atoms with Gasteiger partial charge >= 0.3 is 0 Å². The number of morpholine rings is 1. The van der Waals surface area contributed by atoms with Gasteiger partial charge in [-0.3, -0.25) is 0 Å². The minimum atomic E-state index is 0.477. The highest BCUT2D eigenvalue weighted by atomic mass is 16.5. The predicted octanol–water partition coefficient (Wildman–Crippen LogP) is 1.92. The van der Waals surface area contributed by atoms with Crippen LogP contribution < -0.4 is 10.6 Å². The average molecular weight is 240 g/mol. The van der Waals surface area contributed by atoms with Gasteiger partial charge in [-0.25, -0.2) is 0 Å². The summed E-state index contributed by atoms with van der Waals surface area (Å²) in [6.07, 6.45) is 5.25. The van der Waals surface area contributed by atoms with Crippen molar-refractivity contribution in [2.24, 2.45) is 5.41 Å². The lowest BCUT2D eigenvalue weighted by molar-refractivity contribution is 0.0700. The highest BCUT2D eigenvalue weighted by Crippen LogP contribution is 2.37. The Labute approximate surface area is 106 Å². The molecule has 0 spiro atoms. The summed E-state index contributed by atoms with van der Waals surface area (Å²) in [4.78, 5) is 0.